The maximum atomic E-state index is 12.4. The van der Waals surface area contributed by atoms with Crippen LogP contribution in [0.2, 0.25) is 0 Å². The molecule has 0 aromatic heterocycles. The Labute approximate surface area is 154 Å². The van der Waals surface area contributed by atoms with Gasteiger partial charge in [-0.3, -0.25) is 14.5 Å². The van der Waals surface area contributed by atoms with Gasteiger partial charge in [0.15, 0.2) is 0 Å². The summed E-state index contributed by atoms with van der Waals surface area (Å²) in [4.78, 5) is 50.3. The molecule has 0 aliphatic heterocycles. The van der Waals surface area contributed by atoms with E-state index in [9.17, 15) is 19.2 Å². The van der Waals surface area contributed by atoms with E-state index >= 15 is 0 Å². The normalized spacial score (nSPS) is 19.4. The molecule has 0 unspecified atom stereocenters. The van der Waals surface area contributed by atoms with Gasteiger partial charge >= 0.3 is 12.2 Å². The molecule has 8 heteroatoms. The van der Waals surface area contributed by atoms with E-state index in [2.05, 4.69) is 0 Å². The first-order chi connectivity index (χ1) is 11.6. The zero-order valence-electron chi connectivity index (χ0n) is 16.9. The van der Waals surface area contributed by atoms with E-state index in [-0.39, 0.29) is 24.3 Å². The summed E-state index contributed by atoms with van der Waals surface area (Å²) in [7, 11) is 1.42. The molecule has 0 aromatic carbocycles. The molecule has 0 radical (unpaired) electrons. The molecule has 1 saturated carbocycles. The van der Waals surface area contributed by atoms with Gasteiger partial charge in [-0.2, -0.15) is 0 Å². The SMILES string of the molecule is CC(=O)N(C)C(=O)[C@@H]1C[C@H]1CN(C(=O)OC(C)(C)C)C(=O)OC(C)(C)C. The van der Waals surface area contributed by atoms with Crippen LogP contribution in [0.1, 0.15) is 54.9 Å². The first kappa shape index (κ1) is 21.9. The quantitative estimate of drug-likeness (QED) is 0.758. The topological polar surface area (TPSA) is 93.2 Å². The van der Waals surface area contributed by atoms with Gasteiger partial charge in [0, 0.05) is 26.4 Å². The van der Waals surface area contributed by atoms with Crippen molar-refractivity contribution in [2.24, 2.45) is 11.8 Å². The van der Waals surface area contributed by atoms with Crippen LogP contribution in [0.15, 0.2) is 0 Å². The Morgan fingerprint density at radius 3 is 1.69 bits per heavy atom. The van der Waals surface area contributed by atoms with Crippen molar-refractivity contribution in [3.8, 4) is 0 Å². The average Bonchev–Trinajstić information content (AvgIpc) is 3.18. The van der Waals surface area contributed by atoms with Crippen LogP contribution in [0.5, 0.6) is 0 Å². The van der Waals surface area contributed by atoms with Gasteiger partial charge in [-0.1, -0.05) is 0 Å². The predicted molar refractivity (Wildman–Crippen MR) is 94.2 cm³/mol. The molecule has 4 amide bonds. The van der Waals surface area contributed by atoms with Crippen molar-refractivity contribution in [2.45, 2.75) is 66.1 Å². The Morgan fingerprint density at radius 2 is 1.35 bits per heavy atom. The third-order valence-electron chi connectivity index (χ3n) is 3.69. The minimum absolute atomic E-state index is 0.00593. The Bertz CT molecular complexity index is 559. The zero-order valence-corrected chi connectivity index (χ0v) is 16.9. The van der Waals surface area contributed by atoms with Crippen LogP contribution in [0.4, 0.5) is 9.59 Å². The number of hydrogen-bond donors (Lipinski definition) is 0. The van der Waals surface area contributed by atoms with E-state index in [1.54, 1.807) is 41.5 Å². The molecule has 0 saturated heterocycles. The van der Waals surface area contributed by atoms with Crippen molar-refractivity contribution in [2.75, 3.05) is 13.6 Å². The Hall–Kier alpha value is -2.12. The largest absolute Gasteiger partial charge is 0.443 e. The fourth-order valence-corrected chi connectivity index (χ4v) is 2.25. The monoisotopic (exact) mass is 370 g/mol. The highest BCUT2D eigenvalue weighted by atomic mass is 16.6. The number of hydrogen-bond acceptors (Lipinski definition) is 6. The van der Waals surface area contributed by atoms with Gasteiger partial charge < -0.3 is 9.47 Å². The summed E-state index contributed by atoms with van der Waals surface area (Å²) in [5.41, 5.74) is -1.55. The van der Waals surface area contributed by atoms with Crippen LogP contribution in [0.25, 0.3) is 0 Å². The molecule has 0 spiro atoms. The van der Waals surface area contributed by atoms with Gasteiger partial charge in [-0.25, -0.2) is 14.5 Å². The van der Waals surface area contributed by atoms with Crippen molar-refractivity contribution in [1.29, 1.82) is 0 Å². The van der Waals surface area contributed by atoms with Crippen LogP contribution in [0, 0.1) is 11.8 Å². The second-order valence-corrected chi connectivity index (χ2v) is 8.59. The highest BCUT2D eigenvalue weighted by Gasteiger charge is 2.48. The Balaban J connectivity index is 2.84. The van der Waals surface area contributed by atoms with Gasteiger partial charge in [0.1, 0.15) is 11.2 Å². The summed E-state index contributed by atoms with van der Waals surface area (Å²) in [6.07, 6.45) is -1.13. The molecular weight excluding hydrogens is 340 g/mol. The summed E-state index contributed by atoms with van der Waals surface area (Å²) in [6.45, 7) is 11.5. The van der Waals surface area contributed by atoms with Crippen LogP contribution in [0.3, 0.4) is 0 Å². The minimum atomic E-state index is -0.815. The third kappa shape index (κ3) is 6.65. The summed E-state index contributed by atoms with van der Waals surface area (Å²) in [5, 5.41) is 0. The van der Waals surface area contributed by atoms with Gasteiger partial charge in [0.05, 0.1) is 0 Å². The highest BCUT2D eigenvalue weighted by Crippen LogP contribution is 2.40. The summed E-state index contributed by atoms with van der Waals surface area (Å²) in [5.74, 6) is -1.27. The van der Waals surface area contributed by atoms with Crippen molar-refractivity contribution in [1.82, 2.24) is 9.80 Å². The standard InChI is InChI=1S/C18H30N2O6/c1-11(21)19(8)14(22)13-9-12(13)10-20(15(23)25-17(2,3)4)16(24)26-18(5,6)7/h12-13H,9-10H2,1-8H3/t12-,13+/m0/s1. The van der Waals surface area contributed by atoms with Gasteiger partial charge in [-0.05, 0) is 53.9 Å². The van der Waals surface area contributed by atoms with Crippen molar-refractivity contribution in [3.63, 3.8) is 0 Å². The maximum absolute atomic E-state index is 12.4. The van der Waals surface area contributed by atoms with Crippen molar-refractivity contribution < 1.29 is 28.7 Å². The fourth-order valence-electron chi connectivity index (χ4n) is 2.25. The number of carbonyl (C=O) groups is 4. The lowest BCUT2D eigenvalue weighted by Gasteiger charge is -2.28. The van der Waals surface area contributed by atoms with E-state index in [1.165, 1.54) is 14.0 Å². The number of imide groups is 2. The number of carbonyl (C=O) groups excluding carboxylic acids is 4. The lowest BCUT2D eigenvalue weighted by atomic mass is 10.2. The number of rotatable bonds is 3. The summed E-state index contributed by atoms with van der Waals surface area (Å²) < 4.78 is 10.6. The smallest absolute Gasteiger partial charge is 0.419 e. The molecule has 1 aliphatic carbocycles. The number of ether oxygens (including phenoxy) is 2. The molecule has 0 aromatic rings. The predicted octanol–water partition coefficient (Wildman–Crippen LogP) is 2.80. The third-order valence-corrected chi connectivity index (χ3v) is 3.69. The second-order valence-electron chi connectivity index (χ2n) is 8.59. The molecule has 1 aliphatic rings. The number of nitrogens with zero attached hydrogens (tertiary/aromatic N) is 2. The van der Waals surface area contributed by atoms with Crippen LogP contribution >= 0.6 is 0 Å². The Kier molecular flexibility index (Phi) is 6.44. The van der Waals surface area contributed by atoms with Crippen LogP contribution < -0.4 is 0 Å². The summed E-state index contributed by atoms with van der Waals surface area (Å²) in [6, 6.07) is 0. The molecule has 2 atom stereocenters. The van der Waals surface area contributed by atoms with Crippen LogP contribution in [-0.2, 0) is 19.1 Å². The summed E-state index contributed by atoms with van der Waals surface area (Å²) >= 11 is 0. The van der Waals surface area contributed by atoms with E-state index in [0.717, 1.165) is 9.80 Å². The van der Waals surface area contributed by atoms with Gasteiger partial charge in [0.25, 0.3) is 0 Å². The average molecular weight is 370 g/mol. The molecule has 1 rings (SSSR count). The van der Waals surface area contributed by atoms with Gasteiger partial charge in [-0.15, -0.1) is 0 Å². The van der Waals surface area contributed by atoms with E-state index in [4.69, 9.17) is 9.47 Å². The first-order valence-corrected chi connectivity index (χ1v) is 8.64. The van der Waals surface area contributed by atoms with E-state index in [1.807, 2.05) is 0 Å². The first-order valence-electron chi connectivity index (χ1n) is 8.64. The molecule has 8 nitrogen and oxygen atoms in total. The Morgan fingerprint density at radius 1 is 0.923 bits per heavy atom. The van der Waals surface area contributed by atoms with Gasteiger partial charge in [0.2, 0.25) is 11.8 Å². The van der Waals surface area contributed by atoms with Crippen molar-refractivity contribution >= 4 is 24.0 Å². The molecular formula is C18H30N2O6. The molecule has 0 heterocycles. The molecule has 1 fully saturated rings. The number of amides is 4. The molecule has 148 valence electrons. The molecule has 26 heavy (non-hydrogen) atoms. The lowest BCUT2D eigenvalue weighted by molar-refractivity contribution is -0.142. The van der Waals surface area contributed by atoms with Crippen LogP contribution in [-0.4, -0.2) is 58.6 Å². The molecule has 0 N–H and O–H groups in total. The minimum Gasteiger partial charge on any atom is -0.443 e. The second kappa shape index (κ2) is 7.63. The van der Waals surface area contributed by atoms with E-state index < -0.39 is 29.3 Å². The maximum Gasteiger partial charge on any atom is 0.419 e. The fraction of sp³-hybridized carbons (Fsp3) is 0.778. The zero-order chi connectivity index (χ0) is 20.4. The van der Waals surface area contributed by atoms with Crippen molar-refractivity contribution in [3.05, 3.63) is 0 Å². The van der Waals surface area contributed by atoms with E-state index in [0.29, 0.717) is 6.42 Å². The highest BCUT2D eigenvalue weighted by molar-refractivity contribution is 5.96. The lowest BCUT2D eigenvalue weighted by Crippen LogP contribution is -2.45. The molecule has 0 bridgehead atoms.